The summed E-state index contributed by atoms with van der Waals surface area (Å²) in [5.74, 6) is -0.287. The zero-order chi connectivity index (χ0) is 19.5. The molecule has 4 heteroatoms. The van der Waals surface area contributed by atoms with Crippen LogP contribution in [0.2, 0.25) is 0 Å². The van der Waals surface area contributed by atoms with Crippen LogP contribution in [0.4, 0.5) is 5.69 Å². The highest BCUT2D eigenvalue weighted by Crippen LogP contribution is 2.33. The van der Waals surface area contributed by atoms with Gasteiger partial charge in [0.15, 0.2) is 0 Å². The number of hydrogen-bond acceptors (Lipinski definition) is 2. The number of carbonyl (C=O) groups is 2. The molecule has 0 saturated heterocycles. The monoisotopic (exact) mass is 370 g/mol. The van der Waals surface area contributed by atoms with Crippen molar-refractivity contribution < 1.29 is 9.59 Å². The number of rotatable bonds is 4. The molecular formula is C24H22N2O2. The first-order chi connectivity index (χ1) is 13.6. The van der Waals surface area contributed by atoms with Gasteiger partial charge >= 0.3 is 0 Å². The van der Waals surface area contributed by atoms with Gasteiger partial charge in [-0.25, -0.2) is 0 Å². The first-order valence-corrected chi connectivity index (χ1v) is 9.44. The Morgan fingerprint density at radius 2 is 1.61 bits per heavy atom. The molecular weight excluding hydrogens is 348 g/mol. The van der Waals surface area contributed by atoms with E-state index in [9.17, 15) is 9.59 Å². The normalized spacial score (nSPS) is 15.2. The first-order valence-electron chi connectivity index (χ1n) is 9.44. The van der Waals surface area contributed by atoms with Gasteiger partial charge in [0.1, 0.15) is 6.04 Å². The molecule has 1 heterocycles. The molecule has 0 aromatic heterocycles. The molecule has 1 aliphatic heterocycles. The molecule has 1 N–H and O–H groups in total. The largest absolute Gasteiger partial charge is 0.350 e. The van der Waals surface area contributed by atoms with E-state index in [-0.39, 0.29) is 11.8 Å². The summed E-state index contributed by atoms with van der Waals surface area (Å²) in [5.41, 5.74) is 4.62. The van der Waals surface area contributed by atoms with Gasteiger partial charge in [0.05, 0.1) is 0 Å². The second-order valence-electron chi connectivity index (χ2n) is 7.03. The Morgan fingerprint density at radius 1 is 0.929 bits per heavy atom. The molecule has 0 spiro atoms. The maximum Gasteiger partial charge on any atom is 0.259 e. The number of fused-ring (bicyclic) bond motifs is 1. The van der Waals surface area contributed by atoms with E-state index in [0.29, 0.717) is 18.5 Å². The van der Waals surface area contributed by atoms with E-state index in [1.807, 2.05) is 73.7 Å². The van der Waals surface area contributed by atoms with Gasteiger partial charge < -0.3 is 5.32 Å². The van der Waals surface area contributed by atoms with Crippen molar-refractivity contribution in [2.24, 2.45) is 0 Å². The van der Waals surface area contributed by atoms with Crippen LogP contribution < -0.4 is 10.2 Å². The van der Waals surface area contributed by atoms with Gasteiger partial charge in [-0.15, -0.1) is 0 Å². The molecule has 4 rings (SSSR count). The van der Waals surface area contributed by atoms with Gasteiger partial charge in [-0.2, -0.15) is 0 Å². The Kier molecular flexibility index (Phi) is 4.94. The van der Waals surface area contributed by atoms with Crippen LogP contribution in [-0.4, -0.2) is 17.9 Å². The summed E-state index contributed by atoms with van der Waals surface area (Å²) < 4.78 is 0. The number of aryl methyl sites for hydroxylation is 1. The second kappa shape index (κ2) is 7.69. The van der Waals surface area contributed by atoms with Crippen LogP contribution in [0.5, 0.6) is 0 Å². The van der Waals surface area contributed by atoms with Crippen LogP contribution in [0.15, 0.2) is 78.9 Å². The predicted molar refractivity (Wildman–Crippen MR) is 110 cm³/mol. The molecule has 1 atom stereocenters. The van der Waals surface area contributed by atoms with Crippen molar-refractivity contribution in [3.8, 4) is 0 Å². The van der Waals surface area contributed by atoms with Crippen molar-refractivity contribution in [2.45, 2.75) is 25.9 Å². The lowest BCUT2D eigenvalue weighted by Gasteiger charge is -2.25. The van der Waals surface area contributed by atoms with E-state index in [1.54, 1.807) is 17.0 Å². The maximum atomic E-state index is 13.2. The Morgan fingerprint density at radius 3 is 2.39 bits per heavy atom. The maximum absolute atomic E-state index is 13.2. The minimum atomic E-state index is -0.547. The summed E-state index contributed by atoms with van der Waals surface area (Å²) in [5, 5.41) is 3.02. The van der Waals surface area contributed by atoms with Crippen LogP contribution in [0.3, 0.4) is 0 Å². The van der Waals surface area contributed by atoms with Crippen LogP contribution in [0, 0.1) is 6.92 Å². The molecule has 4 nitrogen and oxygen atoms in total. The van der Waals surface area contributed by atoms with Crippen molar-refractivity contribution in [1.82, 2.24) is 5.32 Å². The zero-order valence-electron chi connectivity index (χ0n) is 15.8. The average Bonchev–Trinajstić information content (AvgIpc) is 3.13. The molecule has 3 aromatic rings. The molecule has 2 amide bonds. The third-order valence-electron chi connectivity index (χ3n) is 5.23. The summed E-state index contributed by atoms with van der Waals surface area (Å²) in [6.45, 7) is 2.48. The van der Waals surface area contributed by atoms with Gasteiger partial charge in [0.25, 0.3) is 5.91 Å². The molecule has 3 aromatic carbocycles. The van der Waals surface area contributed by atoms with E-state index in [1.165, 1.54) is 0 Å². The van der Waals surface area contributed by atoms with Crippen molar-refractivity contribution in [3.63, 3.8) is 0 Å². The fraction of sp³-hybridized carbons (Fsp3) is 0.167. The van der Waals surface area contributed by atoms with Crippen LogP contribution in [0.1, 0.15) is 27.0 Å². The molecule has 0 saturated carbocycles. The highest BCUT2D eigenvalue weighted by atomic mass is 16.2. The van der Waals surface area contributed by atoms with Crippen molar-refractivity contribution in [3.05, 3.63) is 101 Å². The van der Waals surface area contributed by atoms with E-state index < -0.39 is 6.04 Å². The first kappa shape index (κ1) is 18.0. The number of amides is 2. The van der Waals surface area contributed by atoms with Gasteiger partial charge in [-0.05, 0) is 41.8 Å². The fourth-order valence-corrected chi connectivity index (χ4v) is 3.68. The smallest absolute Gasteiger partial charge is 0.259 e. The lowest BCUT2D eigenvalue weighted by Crippen LogP contribution is -2.48. The zero-order valence-corrected chi connectivity index (χ0v) is 15.8. The molecule has 1 aliphatic rings. The van der Waals surface area contributed by atoms with Gasteiger partial charge in [-0.3, -0.25) is 14.5 Å². The van der Waals surface area contributed by atoms with E-state index in [0.717, 1.165) is 22.4 Å². The molecule has 0 radical (unpaired) electrons. The third kappa shape index (κ3) is 3.41. The quantitative estimate of drug-likeness (QED) is 0.758. The SMILES string of the molecule is Cc1ccccc1CNC(=O)[C@@H]1Cc2ccccc2N1C(=O)c1ccccc1. The minimum absolute atomic E-state index is 0.135. The molecule has 0 fully saturated rings. The Balaban J connectivity index is 1.59. The fourth-order valence-electron chi connectivity index (χ4n) is 3.68. The van der Waals surface area contributed by atoms with Crippen LogP contribution in [-0.2, 0) is 17.8 Å². The number of benzene rings is 3. The number of para-hydroxylation sites is 1. The lowest BCUT2D eigenvalue weighted by molar-refractivity contribution is -0.122. The number of nitrogens with zero attached hydrogens (tertiary/aromatic N) is 1. The molecule has 0 unspecified atom stereocenters. The standard InChI is InChI=1S/C24H22N2O2/c1-17-9-5-6-13-20(17)16-25-23(27)22-15-19-12-7-8-14-21(19)26(22)24(28)18-10-3-2-4-11-18/h2-14,22H,15-16H2,1H3,(H,25,27)/t22-/m0/s1. The second-order valence-corrected chi connectivity index (χ2v) is 7.03. The molecule has 28 heavy (non-hydrogen) atoms. The Labute approximate surface area is 164 Å². The third-order valence-corrected chi connectivity index (χ3v) is 5.23. The molecule has 0 aliphatic carbocycles. The average molecular weight is 370 g/mol. The summed E-state index contributed by atoms with van der Waals surface area (Å²) in [6.07, 6.45) is 0.522. The van der Waals surface area contributed by atoms with Gasteiger partial charge in [0.2, 0.25) is 5.91 Å². The minimum Gasteiger partial charge on any atom is -0.350 e. The van der Waals surface area contributed by atoms with E-state index in [4.69, 9.17) is 0 Å². The summed E-state index contributed by atoms with van der Waals surface area (Å²) in [7, 11) is 0. The lowest BCUT2D eigenvalue weighted by atomic mass is 10.1. The summed E-state index contributed by atoms with van der Waals surface area (Å²) in [4.78, 5) is 27.9. The number of anilines is 1. The number of carbonyl (C=O) groups excluding carboxylic acids is 2. The summed E-state index contributed by atoms with van der Waals surface area (Å²) in [6, 6.07) is 24.3. The van der Waals surface area contributed by atoms with Gasteiger partial charge in [0, 0.05) is 24.2 Å². The predicted octanol–water partition coefficient (Wildman–Crippen LogP) is 3.88. The van der Waals surface area contributed by atoms with Crippen molar-refractivity contribution in [1.29, 1.82) is 0 Å². The van der Waals surface area contributed by atoms with Crippen LogP contribution in [0.25, 0.3) is 0 Å². The number of hydrogen-bond donors (Lipinski definition) is 1. The highest BCUT2D eigenvalue weighted by Gasteiger charge is 2.38. The van der Waals surface area contributed by atoms with Crippen molar-refractivity contribution in [2.75, 3.05) is 4.90 Å². The van der Waals surface area contributed by atoms with Crippen molar-refractivity contribution >= 4 is 17.5 Å². The van der Waals surface area contributed by atoms with Crippen LogP contribution >= 0.6 is 0 Å². The Hall–Kier alpha value is -3.40. The number of nitrogens with one attached hydrogen (secondary N) is 1. The topological polar surface area (TPSA) is 49.4 Å². The van der Waals surface area contributed by atoms with E-state index in [2.05, 4.69) is 5.32 Å². The molecule has 140 valence electrons. The van der Waals surface area contributed by atoms with Gasteiger partial charge in [-0.1, -0.05) is 60.7 Å². The summed E-state index contributed by atoms with van der Waals surface area (Å²) >= 11 is 0. The highest BCUT2D eigenvalue weighted by molar-refractivity contribution is 6.11. The van der Waals surface area contributed by atoms with E-state index >= 15 is 0 Å². The molecule has 0 bridgehead atoms. The Bertz CT molecular complexity index is 1010.